The minimum absolute atomic E-state index is 0.0651. The van der Waals surface area contributed by atoms with E-state index in [2.05, 4.69) is 34.9 Å². The molecule has 7 nitrogen and oxygen atoms in total. The van der Waals surface area contributed by atoms with Crippen LogP contribution in [-0.2, 0) is 17.6 Å². The summed E-state index contributed by atoms with van der Waals surface area (Å²) in [7, 11) is -1.29. The molecule has 13 heteroatoms. The number of anilines is 1. The monoisotopic (exact) mass is 466 g/mol. The standard InChI is InChI=1S/C18H23F5N4O3Si/c1-31(2,3)7-6-30-10-27-8-12(24-9-27)14(15(19)20)26-16-11(17(28)29)4-5-13(25-16)18(21,22)23/h4-5,8-9,14-15H,6-7,10H2,1-3H3,(H,25,26)(H,28,29). The number of nitrogens with one attached hydrogen (secondary N) is 1. The maximum atomic E-state index is 13.6. The van der Waals surface area contributed by atoms with Crippen molar-refractivity contribution in [2.24, 2.45) is 0 Å². The summed E-state index contributed by atoms with van der Waals surface area (Å²) in [6.45, 7) is 7.10. The number of rotatable bonds is 10. The zero-order valence-corrected chi connectivity index (χ0v) is 18.1. The van der Waals surface area contributed by atoms with Crippen LogP contribution in [0.3, 0.4) is 0 Å². The minimum atomic E-state index is -4.87. The third-order valence-corrected chi connectivity index (χ3v) is 5.87. The van der Waals surface area contributed by atoms with E-state index in [1.807, 2.05) is 0 Å². The second-order valence-corrected chi connectivity index (χ2v) is 13.6. The lowest BCUT2D eigenvalue weighted by Crippen LogP contribution is -2.23. The van der Waals surface area contributed by atoms with Crippen LogP contribution in [0, 0.1) is 0 Å². The van der Waals surface area contributed by atoms with Crippen molar-refractivity contribution in [3.05, 3.63) is 41.6 Å². The summed E-state index contributed by atoms with van der Waals surface area (Å²) in [6, 6.07) is 0.166. The highest BCUT2D eigenvalue weighted by Crippen LogP contribution is 2.31. The summed E-state index contributed by atoms with van der Waals surface area (Å²) in [5.41, 5.74) is -2.28. The number of aromatic carboxylic acids is 1. The molecular weight excluding hydrogens is 443 g/mol. The van der Waals surface area contributed by atoms with Gasteiger partial charge in [0.2, 0.25) is 0 Å². The number of carboxylic acid groups (broad SMARTS) is 1. The van der Waals surface area contributed by atoms with Crippen molar-refractivity contribution in [1.82, 2.24) is 14.5 Å². The van der Waals surface area contributed by atoms with Gasteiger partial charge in [-0.3, -0.25) is 0 Å². The van der Waals surface area contributed by atoms with Gasteiger partial charge in [0.1, 0.15) is 29.8 Å². The molecule has 1 atom stereocenters. The second-order valence-electron chi connectivity index (χ2n) is 8.01. The van der Waals surface area contributed by atoms with Crippen LogP contribution in [0.1, 0.15) is 27.8 Å². The quantitative estimate of drug-likeness (QED) is 0.299. The normalized spacial score (nSPS) is 13.5. The maximum absolute atomic E-state index is 13.6. The van der Waals surface area contributed by atoms with Crippen LogP contribution in [-0.4, -0.2) is 46.7 Å². The molecule has 2 aromatic heterocycles. The third-order valence-electron chi connectivity index (χ3n) is 4.17. The molecule has 0 aromatic carbocycles. The average molecular weight is 466 g/mol. The predicted octanol–water partition coefficient (Wildman–Crippen LogP) is 4.73. The molecule has 0 saturated carbocycles. The minimum Gasteiger partial charge on any atom is -0.478 e. The highest BCUT2D eigenvalue weighted by molar-refractivity contribution is 6.76. The number of nitrogens with zero attached hydrogens (tertiary/aromatic N) is 3. The number of ether oxygens (including phenoxy) is 1. The van der Waals surface area contributed by atoms with Gasteiger partial charge in [0, 0.05) is 20.9 Å². The first-order chi connectivity index (χ1) is 14.3. The first-order valence-corrected chi connectivity index (χ1v) is 12.9. The molecule has 0 aliphatic heterocycles. The van der Waals surface area contributed by atoms with E-state index >= 15 is 0 Å². The summed E-state index contributed by atoms with van der Waals surface area (Å²) in [5, 5.41) is 11.3. The van der Waals surface area contributed by atoms with Crippen molar-refractivity contribution in [2.45, 2.75) is 51.1 Å². The molecule has 2 heterocycles. The first kappa shape index (κ1) is 24.7. The first-order valence-electron chi connectivity index (χ1n) is 9.23. The topological polar surface area (TPSA) is 89.3 Å². The van der Waals surface area contributed by atoms with Crippen molar-refractivity contribution in [3.63, 3.8) is 0 Å². The molecule has 0 spiro atoms. The number of hydrogen-bond donors (Lipinski definition) is 2. The Kier molecular flexibility index (Phi) is 7.76. The number of halogens is 5. The predicted molar refractivity (Wildman–Crippen MR) is 105 cm³/mol. The van der Waals surface area contributed by atoms with Gasteiger partial charge < -0.3 is 19.7 Å². The van der Waals surface area contributed by atoms with Crippen LogP contribution in [0.15, 0.2) is 24.7 Å². The van der Waals surface area contributed by atoms with Gasteiger partial charge >= 0.3 is 12.1 Å². The fourth-order valence-electron chi connectivity index (χ4n) is 2.47. The van der Waals surface area contributed by atoms with Gasteiger partial charge in [-0.25, -0.2) is 23.5 Å². The van der Waals surface area contributed by atoms with E-state index in [-0.39, 0.29) is 12.4 Å². The Bertz CT molecular complexity index is 899. The lowest BCUT2D eigenvalue weighted by atomic mass is 10.2. The van der Waals surface area contributed by atoms with Crippen molar-refractivity contribution >= 4 is 19.9 Å². The number of aromatic nitrogens is 3. The highest BCUT2D eigenvalue weighted by atomic mass is 28.3. The van der Waals surface area contributed by atoms with Crippen LogP contribution in [0.25, 0.3) is 0 Å². The zero-order chi connectivity index (χ0) is 23.4. The molecule has 2 aromatic rings. The summed E-state index contributed by atoms with van der Waals surface area (Å²) in [4.78, 5) is 18.4. The van der Waals surface area contributed by atoms with Crippen LogP contribution >= 0.6 is 0 Å². The molecular formula is C18H23F5N4O3Si. The van der Waals surface area contributed by atoms with Crippen molar-refractivity contribution in [3.8, 4) is 0 Å². The Balaban J connectivity index is 2.21. The van der Waals surface area contributed by atoms with E-state index in [4.69, 9.17) is 4.74 Å². The van der Waals surface area contributed by atoms with Crippen LogP contribution in [0.4, 0.5) is 27.8 Å². The molecule has 172 valence electrons. The fourth-order valence-corrected chi connectivity index (χ4v) is 3.23. The van der Waals surface area contributed by atoms with Gasteiger partial charge in [-0.2, -0.15) is 13.2 Å². The molecule has 0 radical (unpaired) electrons. The van der Waals surface area contributed by atoms with E-state index in [0.717, 1.165) is 6.04 Å². The number of pyridine rings is 1. The molecule has 1 unspecified atom stereocenters. The highest BCUT2D eigenvalue weighted by Gasteiger charge is 2.35. The van der Waals surface area contributed by atoms with Crippen LogP contribution in [0.2, 0.25) is 25.7 Å². The van der Waals surface area contributed by atoms with Gasteiger partial charge in [-0.1, -0.05) is 19.6 Å². The lowest BCUT2D eigenvalue weighted by Gasteiger charge is -2.19. The Morgan fingerprint density at radius 3 is 2.52 bits per heavy atom. The average Bonchev–Trinajstić information content (AvgIpc) is 3.09. The van der Waals surface area contributed by atoms with Gasteiger partial charge in [-0.15, -0.1) is 0 Å². The third kappa shape index (κ3) is 7.27. The van der Waals surface area contributed by atoms with Gasteiger partial charge in [0.05, 0.1) is 12.0 Å². The molecule has 0 aliphatic carbocycles. The van der Waals surface area contributed by atoms with Crippen molar-refractivity contribution < 1.29 is 36.6 Å². The Morgan fingerprint density at radius 2 is 1.97 bits per heavy atom. The summed E-state index contributed by atoms with van der Waals surface area (Å²) < 4.78 is 73.0. The summed E-state index contributed by atoms with van der Waals surface area (Å²) >= 11 is 0. The van der Waals surface area contributed by atoms with Gasteiger partial charge in [-0.05, 0) is 18.2 Å². The van der Waals surface area contributed by atoms with E-state index in [1.54, 1.807) is 0 Å². The molecule has 0 fully saturated rings. The van der Waals surface area contributed by atoms with Crippen molar-refractivity contribution in [2.75, 3.05) is 11.9 Å². The molecule has 31 heavy (non-hydrogen) atoms. The number of carboxylic acids is 1. The second kappa shape index (κ2) is 9.72. The van der Waals surface area contributed by atoms with E-state index in [0.29, 0.717) is 18.7 Å². The Hall–Kier alpha value is -2.54. The van der Waals surface area contributed by atoms with E-state index in [1.165, 1.54) is 17.1 Å². The largest absolute Gasteiger partial charge is 0.478 e. The van der Waals surface area contributed by atoms with Gasteiger partial charge in [0.15, 0.2) is 0 Å². The molecule has 2 N–H and O–H groups in total. The molecule has 2 rings (SSSR count). The summed E-state index contributed by atoms with van der Waals surface area (Å²) in [6.07, 6.45) is -5.47. The number of imidazole rings is 1. The van der Waals surface area contributed by atoms with Crippen LogP contribution < -0.4 is 5.32 Å². The lowest BCUT2D eigenvalue weighted by molar-refractivity contribution is -0.141. The number of hydrogen-bond acceptors (Lipinski definition) is 5. The smallest absolute Gasteiger partial charge is 0.433 e. The Labute approximate surface area is 176 Å². The van der Waals surface area contributed by atoms with Crippen LogP contribution in [0.5, 0.6) is 0 Å². The van der Waals surface area contributed by atoms with Crippen molar-refractivity contribution in [1.29, 1.82) is 0 Å². The number of alkyl halides is 5. The molecule has 0 bridgehead atoms. The Morgan fingerprint density at radius 1 is 1.29 bits per heavy atom. The molecule has 0 amide bonds. The zero-order valence-electron chi connectivity index (χ0n) is 17.1. The maximum Gasteiger partial charge on any atom is 0.433 e. The van der Waals surface area contributed by atoms with Gasteiger partial charge in [0.25, 0.3) is 6.43 Å². The number of carbonyl (C=O) groups is 1. The molecule has 0 aliphatic rings. The van der Waals surface area contributed by atoms with E-state index in [9.17, 15) is 31.9 Å². The fraction of sp³-hybridized carbons (Fsp3) is 0.500. The van der Waals surface area contributed by atoms with E-state index < -0.39 is 49.8 Å². The molecule has 0 saturated heterocycles. The SMILES string of the molecule is C[Si](C)(C)CCOCn1cnc(C(Nc2nc(C(F)(F)F)ccc2C(=O)O)C(F)F)c1. The summed E-state index contributed by atoms with van der Waals surface area (Å²) in [5.74, 6) is -2.44.